The maximum atomic E-state index is 5.54. The Morgan fingerprint density at radius 2 is 2.23 bits per heavy atom. The van der Waals surface area contributed by atoms with Crippen LogP contribution in [0.4, 0.5) is 0 Å². The van der Waals surface area contributed by atoms with Crippen molar-refractivity contribution < 1.29 is 0 Å². The molecule has 68 valence electrons. The zero-order chi connectivity index (χ0) is 9.26. The summed E-state index contributed by atoms with van der Waals surface area (Å²) in [7, 11) is 0. The Labute approximate surface area is 89.7 Å². The summed E-state index contributed by atoms with van der Waals surface area (Å²) < 4.78 is 2.48. The molecule has 2 rings (SSSR count). The summed E-state index contributed by atoms with van der Waals surface area (Å²) in [6, 6.07) is 6.38. The van der Waals surface area contributed by atoms with Crippen molar-refractivity contribution in [2.24, 2.45) is 5.73 Å². The molecule has 0 atom stereocenters. The topological polar surface area (TPSA) is 26.0 Å². The molecule has 0 unspecified atom stereocenters. The third-order valence-electron chi connectivity index (χ3n) is 2.03. The predicted octanol–water partition coefficient (Wildman–Crippen LogP) is 3.17. The Hall–Kier alpha value is -0.380. The minimum absolute atomic E-state index is 0.721. The molecule has 0 aliphatic carbocycles. The maximum absolute atomic E-state index is 5.54. The van der Waals surface area contributed by atoms with E-state index >= 15 is 0 Å². The molecule has 0 aliphatic heterocycles. The van der Waals surface area contributed by atoms with E-state index in [1.807, 2.05) is 0 Å². The molecule has 0 spiro atoms. The first-order valence-electron chi connectivity index (χ1n) is 4.17. The molecule has 1 aromatic carbocycles. The van der Waals surface area contributed by atoms with Crippen molar-refractivity contribution in [1.29, 1.82) is 0 Å². The fourth-order valence-electron chi connectivity index (χ4n) is 1.40. The number of nitrogens with two attached hydrogens (primary N) is 1. The maximum Gasteiger partial charge on any atom is 0.0346 e. The molecule has 3 heteroatoms. The first-order chi connectivity index (χ1) is 6.31. The van der Waals surface area contributed by atoms with Crippen LogP contribution >= 0.6 is 27.3 Å². The first kappa shape index (κ1) is 9.19. The third kappa shape index (κ3) is 1.77. The van der Waals surface area contributed by atoms with Crippen molar-refractivity contribution in [3.63, 3.8) is 0 Å². The van der Waals surface area contributed by atoms with Gasteiger partial charge in [-0.3, -0.25) is 0 Å². The van der Waals surface area contributed by atoms with Crippen LogP contribution in [-0.2, 0) is 6.42 Å². The second-order valence-corrected chi connectivity index (χ2v) is 4.77. The Kier molecular flexibility index (Phi) is 2.67. The normalized spacial score (nSPS) is 10.9. The molecule has 0 saturated heterocycles. The third-order valence-corrected chi connectivity index (χ3v) is 3.53. The number of thiophene rings is 1. The lowest BCUT2D eigenvalue weighted by molar-refractivity contribution is 0.981. The molecule has 1 heterocycles. The minimum Gasteiger partial charge on any atom is -0.330 e. The van der Waals surface area contributed by atoms with Gasteiger partial charge in [0.1, 0.15) is 0 Å². The summed E-state index contributed by atoms with van der Waals surface area (Å²) in [6.45, 7) is 0.721. The van der Waals surface area contributed by atoms with E-state index in [1.165, 1.54) is 15.6 Å². The van der Waals surface area contributed by atoms with E-state index in [2.05, 4.69) is 39.5 Å². The number of hydrogen-bond donors (Lipinski definition) is 1. The molecule has 2 N–H and O–H groups in total. The van der Waals surface area contributed by atoms with E-state index < -0.39 is 0 Å². The number of halogens is 1. The second kappa shape index (κ2) is 3.78. The second-order valence-electron chi connectivity index (χ2n) is 2.94. The van der Waals surface area contributed by atoms with E-state index in [0.29, 0.717) is 0 Å². The van der Waals surface area contributed by atoms with Crippen molar-refractivity contribution >= 4 is 37.4 Å². The van der Waals surface area contributed by atoms with Gasteiger partial charge in [-0.1, -0.05) is 15.9 Å². The van der Waals surface area contributed by atoms with Gasteiger partial charge in [0.2, 0.25) is 0 Å². The summed E-state index contributed by atoms with van der Waals surface area (Å²) >= 11 is 5.26. The number of benzene rings is 1. The molecule has 0 aliphatic rings. The van der Waals surface area contributed by atoms with Crippen LogP contribution in [0.5, 0.6) is 0 Å². The van der Waals surface area contributed by atoms with Gasteiger partial charge in [-0.15, -0.1) is 11.3 Å². The van der Waals surface area contributed by atoms with E-state index in [0.717, 1.165) is 17.4 Å². The molecule has 0 amide bonds. The Bertz CT molecular complexity index is 422. The van der Waals surface area contributed by atoms with Gasteiger partial charge in [0.25, 0.3) is 0 Å². The molecular weight excluding hydrogens is 246 g/mol. The largest absolute Gasteiger partial charge is 0.330 e. The smallest absolute Gasteiger partial charge is 0.0346 e. The summed E-state index contributed by atoms with van der Waals surface area (Å²) in [4.78, 5) is 0. The van der Waals surface area contributed by atoms with Crippen LogP contribution in [0.2, 0.25) is 0 Å². The van der Waals surface area contributed by atoms with Gasteiger partial charge in [0, 0.05) is 9.17 Å². The van der Waals surface area contributed by atoms with Gasteiger partial charge < -0.3 is 5.73 Å². The van der Waals surface area contributed by atoms with Crippen LogP contribution in [0.3, 0.4) is 0 Å². The molecule has 1 nitrogen and oxygen atoms in total. The summed E-state index contributed by atoms with van der Waals surface area (Å²) in [6.07, 6.45) is 0.969. The van der Waals surface area contributed by atoms with Crippen molar-refractivity contribution in [3.8, 4) is 0 Å². The fourth-order valence-corrected chi connectivity index (χ4v) is 2.74. The number of hydrogen-bond acceptors (Lipinski definition) is 2. The standard InChI is InChI=1S/C10H10BrNS/c11-8-1-2-10-9(5-8)7(3-4-12)6-13-10/h1-2,5-6H,3-4,12H2. The van der Waals surface area contributed by atoms with Crippen molar-refractivity contribution in [2.75, 3.05) is 6.54 Å². The SMILES string of the molecule is NCCc1csc2ccc(Br)cc12. The van der Waals surface area contributed by atoms with Gasteiger partial charge in [-0.2, -0.15) is 0 Å². The van der Waals surface area contributed by atoms with Crippen LogP contribution in [0.25, 0.3) is 10.1 Å². The van der Waals surface area contributed by atoms with Crippen LogP contribution in [0.1, 0.15) is 5.56 Å². The molecule has 0 saturated carbocycles. The van der Waals surface area contributed by atoms with Gasteiger partial charge in [-0.25, -0.2) is 0 Å². The Morgan fingerprint density at radius 1 is 1.38 bits per heavy atom. The van der Waals surface area contributed by atoms with Crippen molar-refractivity contribution in [1.82, 2.24) is 0 Å². The summed E-state index contributed by atoms with van der Waals surface area (Å²) in [5, 5.41) is 3.54. The zero-order valence-corrected chi connectivity index (χ0v) is 9.49. The monoisotopic (exact) mass is 255 g/mol. The zero-order valence-electron chi connectivity index (χ0n) is 7.09. The van der Waals surface area contributed by atoms with Gasteiger partial charge >= 0.3 is 0 Å². The fraction of sp³-hybridized carbons (Fsp3) is 0.200. The molecule has 2 aromatic rings. The predicted molar refractivity (Wildman–Crippen MR) is 62.3 cm³/mol. The van der Waals surface area contributed by atoms with E-state index in [9.17, 15) is 0 Å². The van der Waals surface area contributed by atoms with Crippen LogP contribution < -0.4 is 5.73 Å². The average Bonchev–Trinajstić information content (AvgIpc) is 2.49. The highest BCUT2D eigenvalue weighted by molar-refractivity contribution is 9.10. The van der Waals surface area contributed by atoms with Gasteiger partial charge in [0.15, 0.2) is 0 Å². The first-order valence-corrected chi connectivity index (χ1v) is 5.84. The Balaban J connectivity index is 2.58. The van der Waals surface area contributed by atoms with Crippen molar-refractivity contribution in [3.05, 3.63) is 33.6 Å². The quantitative estimate of drug-likeness (QED) is 0.877. The average molecular weight is 256 g/mol. The lowest BCUT2D eigenvalue weighted by Crippen LogP contribution is -2.01. The highest BCUT2D eigenvalue weighted by Gasteiger charge is 2.02. The van der Waals surface area contributed by atoms with E-state index in [1.54, 1.807) is 11.3 Å². The molecule has 13 heavy (non-hydrogen) atoms. The summed E-state index contributed by atoms with van der Waals surface area (Å²) in [5.41, 5.74) is 6.91. The van der Waals surface area contributed by atoms with Crippen molar-refractivity contribution in [2.45, 2.75) is 6.42 Å². The molecule has 0 bridgehead atoms. The minimum atomic E-state index is 0.721. The molecule has 0 fully saturated rings. The van der Waals surface area contributed by atoms with Crippen LogP contribution in [0.15, 0.2) is 28.1 Å². The molecule has 1 aromatic heterocycles. The van der Waals surface area contributed by atoms with Gasteiger partial charge in [0.05, 0.1) is 0 Å². The molecule has 0 radical (unpaired) electrons. The van der Waals surface area contributed by atoms with Gasteiger partial charge in [-0.05, 0) is 47.5 Å². The highest BCUT2D eigenvalue weighted by atomic mass is 79.9. The summed E-state index contributed by atoms with van der Waals surface area (Å²) in [5.74, 6) is 0. The Morgan fingerprint density at radius 3 is 3.00 bits per heavy atom. The number of rotatable bonds is 2. The van der Waals surface area contributed by atoms with Crippen LogP contribution in [0, 0.1) is 0 Å². The lowest BCUT2D eigenvalue weighted by atomic mass is 10.1. The van der Waals surface area contributed by atoms with Crippen LogP contribution in [-0.4, -0.2) is 6.54 Å². The molecular formula is C10H10BrNS. The number of fused-ring (bicyclic) bond motifs is 1. The highest BCUT2D eigenvalue weighted by Crippen LogP contribution is 2.28. The van der Waals surface area contributed by atoms with E-state index in [-0.39, 0.29) is 0 Å². The lowest BCUT2D eigenvalue weighted by Gasteiger charge is -1.96. The van der Waals surface area contributed by atoms with E-state index in [4.69, 9.17) is 5.73 Å².